The minimum Gasteiger partial charge on any atom is -0.466 e. The number of hydrogen-bond acceptors (Lipinski definition) is 4. The summed E-state index contributed by atoms with van der Waals surface area (Å²) in [7, 11) is 1.40. The molecule has 0 unspecified atom stereocenters. The van der Waals surface area contributed by atoms with E-state index in [0.29, 0.717) is 13.1 Å². The number of ether oxygens (including phenoxy) is 2. The molecule has 0 atom stereocenters. The highest BCUT2D eigenvalue weighted by Gasteiger charge is 2.44. The molecule has 1 aliphatic heterocycles. The molecule has 3 rings (SSSR count). The summed E-state index contributed by atoms with van der Waals surface area (Å²) in [6, 6.07) is 8.26. The third kappa shape index (κ3) is 3.62. The fraction of sp³-hybridized carbons (Fsp3) is 0.524. The van der Waals surface area contributed by atoms with Crippen LogP contribution in [0.5, 0.6) is 0 Å². The molecule has 1 spiro atoms. The van der Waals surface area contributed by atoms with Gasteiger partial charge in [-0.05, 0) is 56.7 Å². The van der Waals surface area contributed by atoms with Crippen LogP contribution in [0.15, 0.2) is 30.3 Å². The number of fused-ring (bicyclic) bond motifs is 2. The van der Waals surface area contributed by atoms with Gasteiger partial charge in [-0.1, -0.05) is 24.3 Å². The van der Waals surface area contributed by atoms with Gasteiger partial charge in [-0.3, -0.25) is 0 Å². The van der Waals surface area contributed by atoms with Crippen LogP contribution in [0.3, 0.4) is 0 Å². The second-order valence-corrected chi connectivity index (χ2v) is 8.16. The number of nitrogens with zero attached hydrogens (tertiary/aromatic N) is 1. The Morgan fingerprint density at radius 2 is 1.81 bits per heavy atom. The van der Waals surface area contributed by atoms with Crippen molar-refractivity contribution in [2.75, 3.05) is 20.2 Å². The summed E-state index contributed by atoms with van der Waals surface area (Å²) < 4.78 is 10.3. The fourth-order valence-corrected chi connectivity index (χ4v) is 4.00. The maximum absolute atomic E-state index is 12.3. The molecule has 1 aromatic rings. The van der Waals surface area contributed by atoms with Crippen LogP contribution in [-0.4, -0.2) is 42.8 Å². The van der Waals surface area contributed by atoms with Gasteiger partial charge < -0.3 is 14.4 Å². The van der Waals surface area contributed by atoms with Crippen LogP contribution >= 0.6 is 0 Å². The zero-order valence-corrected chi connectivity index (χ0v) is 16.0. The first-order valence-electron chi connectivity index (χ1n) is 9.10. The number of hydrogen-bond donors (Lipinski definition) is 0. The molecule has 5 nitrogen and oxygen atoms in total. The molecule has 1 amide bonds. The molecular weight excluding hydrogens is 330 g/mol. The smallest absolute Gasteiger partial charge is 0.410 e. The number of rotatable bonds is 1. The summed E-state index contributed by atoms with van der Waals surface area (Å²) in [5.74, 6) is -0.321. The van der Waals surface area contributed by atoms with Crippen LogP contribution in [-0.2, 0) is 19.7 Å². The van der Waals surface area contributed by atoms with Crippen LogP contribution in [0.1, 0.15) is 51.2 Å². The van der Waals surface area contributed by atoms with Crippen molar-refractivity contribution < 1.29 is 19.1 Å². The normalized spacial score (nSPS) is 20.2. The van der Waals surface area contributed by atoms with Gasteiger partial charge in [-0.15, -0.1) is 0 Å². The average Bonchev–Trinajstić information content (AvgIpc) is 2.88. The molecule has 0 radical (unpaired) electrons. The van der Waals surface area contributed by atoms with Crippen LogP contribution in [0.4, 0.5) is 4.79 Å². The highest BCUT2D eigenvalue weighted by molar-refractivity contribution is 5.93. The molecule has 1 fully saturated rings. The number of benzene rings is 1. The molecule has 26 heavy (non-hydrogen) atoms. The Kier molecular flexibility index (Phi) is 4.82. The predicted octanol–water partition coefficient (Wildman–Crippen LogP) is 3.92. The number of likely N-dealkylation sites (tertiary alicyclic amines) is 1. The minimum atomic E-state index is -0.484. The van der Waals surface area contributed by atoms with E-state index < -0.39 is 5.60 Å². The third-order valence-electron chi connectivity index (χ3n) is 5.24. The molecule has 2 aliphatic rings. The van der Waals surface area contributed by atoms with Gasteiger partial charge in [-0.2, -0.15) is 0 Å². The topological polar surface area (TPSA) is 55.8 Å². The molecule has 0 bridgehead atoms. The number of carbonyl (C=O) groups excluding carboxylic acids is 2. The largest absolute Gasteiger partial charge is 0.466 e. The number of esters is 1. The van der Waals surface area contributed by atoms with Crippen molar-refractivity contribution in [2.45, 2.75) is 51.0 Å². The van der Waals surface area contributed by atoms with Gasteiger partial charge in [0.05, 0.1) is 7.11 Å². The Hall–Kier alpha value is -2.30. The monoisotopic (exact) mass is 357 g/mol. The van der Waals surface area contributed by atoms with E-state index in [-0.39, 0.29) is 17.5 Å². The molecule has 1 aromatic carbocycles. The standard InChI is InChI=1S/C21H27NO4/c1-20(2,3)26-19(24)22-11-9-21(10-12-22)14-15(13-18(23)25-4)16-7-5-6-8-17(16)21/h5-8,13H,9-12,14H2,1-4H3. The van der Waals surface area contributed by atoms with Crippen molar-refractivity contribution in [1.82, 2.24) is 4.90 Å². The lowest BCUT2D eigenvalue weighted by molar-refractivity contribution is -0.134. The maximum atomic E-state index is 12.3. The molecule has 5 heteroatoms. The Morgan fingerprint density at radius 3 is 2.42 bits per heavy atom. The maximum Gasteiger partial charge on any atom is 0.410 e. The van der Waals surface area contributed by atoms with E-state index in [2.05, 4.69) is 12.1 Å². The predicted molar refractivity (Wildman–Crippen MR) is 99.8 cm³/mol. The number of allylic oxidation sites excluding steroid dienone is 1. The molecule has 0 aromatic heterocycles. The Morgan fingerprint density at radius 1 is 1.15 bits per heavy atom. The van der Waals surface area contributed by atoms with Crippen LogP contribution in [0.2, 0.25) is 0 Å². The van der Waals surface area contributed by atoms with Gasteiger partial charge in [-0.25, -0.2) is 9.59 Å². The van der Waals surface area contributed by atoms with Crippen LogP contribution < -0.4 is 0 Å². The highest BCUT2D eigenvalue weighted by Crippen LogP contribution is 2.51. The van der Waals surface area contributed by atoms with E-state index in [1.54, 1.807) is 11.0 Å². The Labute approximate surface area is 155 Å². The molecule has 1 saturated heterocycles. The van der Waals surface area contributed by atoms with Gasteiger partial charge in [0.15, 0.2) is 0 Å². The molecular formula is C21H27NO4. The van der Waals surface area contributed by atoms with Crippen molar-refractivity contribution >= 4 is 17.6 Å². The first-order valence-corrected chi connectivity index (χ1v) is 9.10. The minimum absolute atomic E-state index is 0.0189. The molecule has 1 heterocycles. The molecule has 0 saturated carbocycles. The van der Waals surface area contributed by atoms with Crippen molar-refractivity contribution in [1.29, 1.82) is 0 Å². The summed E-state index contributed by atoms with van der Waals surface area (Å²) in [6.45, 7) is 6.97. The lowest BCUT2D eigenvalue weighted by Crippen LogP contribution is -2.46. The number of piperidine rings is 1. The van der Waals surface area contributed by atoms with Crippen molar-refractivity contribution in [2.24, 2.45) is 0 Å². The van der Waals surface area contributed by atoms with Gasteiger partial charge in [0.2, 0.25) is 0 Å². The van der Waals surface area contributed by atoms with Crippen molar-refractivity contribution in [3.05, 3.63) is 41.5 Å². The van der Waals surface area contributed by atoms with Crippen LogP contribution in [0, 0.1) is 0 Å². The zero-order valence-electron chi connectivity index (χ0n) is 16.0. The second-order valence-electron chi connectivity index (χ2n) is 8.16. The fourth-order valence-electron chi connectivity index (χ4n) is 4.00. The number of carbonyl (C=O) groups is 2. The molecule has 1 aliphatic carbocycles. The summed E-state index contributed by atoms with van der Waals surface area (Å²) in [6.07, 6.45) is 3.89. The van der Waals surface area contributed by atoms with Gasteiger partial charge in [0, 0.05) is 24.6 Å². The Bertz CT molecular complexity index is 737. The lowest BCUT2D eigenvalue weighted by atomic mass is 9.73. The van der Waals surface area contributed by atoms with Gasteiger partial charge >= 0.3 is 12.1 Å². The Balaban J connectivity index is 1.79. The number of amides is 1. The van der Waals surface area contributed by atoms with E-state index in [9.17, 15) is 9.59 Å². The van der Waals surface area contributed by atoms with Crippen molar-refractivity contribution in [3.63, 3.8) is 0 Å². The van der Waals surface area contributed by atoms with E-state index in [0.717, 1.165) is 30.4 Å². The van der Waals surface area contributed by atoms with E-state index in [4.69, 9.17) is 9.47 Å². The van der Waals surface area contributed by atoms with E-state index in [1.807, 2.05) is 32.9 Å². The summed E-state index contributed by atoms with van der Waals surface area (Å²) in [4.78, 5) is 25.9. The van der Waals surface area contributed by atoms with Gasteiger partial charge in [0.25, 0.3) is 0 Å². The SMILES string of the molecule is COC(=O)C=C1CC2(CCN(C(=O)OC(C)(C)C)CC2)c2ccccc21. The number of methoxy groups -OCH3 is 1. The third-order valence-corrected chi connectivity index (χ3v) is 5.24. The van der Waals surface area contributed by atoms with Gasteiger partial charge in [0.1, 0.15) is 5.60 Å². The van der Waals surface area contributed by atoms with E-state index >= 15 is 0 Å². The quantitative estimate of drug-likeness (QED) is 0.565. The zero-order chi connectivity index (χ0) is 18.9. The van der Waals surface area contributed by atoms with Crippen LogP contribution in [0.25, 0.3) is 5.57 Å². The summed E-state index contributed by atoms with van der Waals surface area (Å²) in [5.41, 5.74) is 2.93. The van der Waals surface area contributed by atoms with Crippen molar-refractivity contribution in [3.8, 4) is 0 Å². The summed E-state index contributed by atoms with van der Waals surface area (Å²) in [5, 5.41) is 0. The second kappa shape index (κ2) is 6.78. The lowest BCUT2D eigenvalue weighted by Gasteiger charge is -2.40. The highest BCUT2D eigenvalue weighted by atomic mass is 16.6. The average molecular weight is 357 g/mol. The molecule has 140 valence electrons. The molecule has 0 N–H and O–H groups in total. The first kappa shape index (κ1) is 18.5. The summed E-state index contributed by atoms with van der Waals surface area (Å²) >= 11 is 0. The van der Waals surface area contributed by atoms with E-state index in [1.165, 1.54) is 12.7 Å². The first-order chi connectivity index (χ1) is 12.2.